The molecule has 0 aliphatic rings. The summed E-state index contributed by atoms with van der Waals surface area (Å²) < 4.78 is 16.1. The number of hydrogen-bond donors (Lipinski definition) is 1. The quantitative estimate of drug-likeness (QED) is 0.618. The molecule has 5 heteroatoms. The first-order valence-electron chi connectivity index (χ1n) is 4.59. The molecule has 0 aliphatic heterocycles. The first kappa shape index (κ1) is 13.3. The van der Waals surface area contributed by atoms with E-state index in [2.05, 4.69) is 0 Å². The minimum atomic E-state index is -0.877. The van der Waals surface area contributed by atoms with E-state index in [1.807, 2.05) is 20.8 Å². The highest BCUT2D eigenvalue weighted by molar-refractivity contribution is 7.47. The molecule has 1 unspecified atom stereocenters. The van der Waals surface area contributed by atoms with Gasteiger partial charge in [0.1, 0.15) is 6.35 Å². The largest absolute Gasteiger partial charge is 0.368 e. The van der Waals surface area contributed by atoms with Gasteiger partial charge in [-0.15, -0.1) is 0 Å². The molecule has 0 spiro atoms. The molecule has 0 amide bonds. The van der Waals surface area contributed by atoms with Gasteiger partial charge in [-0.05, 0) is 20.8 Å². The van der Waals surface area contributed by atoms with Crippen molar-refractivity contribution in [3.05, 3.63) is 0 Å². The first-order chi connectivity index (χ1) is 6.24. The van der Waals surface area contributed by atoms with Crippen molar-refractivity contribution >= 4 is 8.38 Å². The molecule has 0 bridgehead atoms. The smallest absolute Gasteiger partial charge is 0.198 e. The van der Waals surface area contributed by atoms with Crippen molar-refractivity contribution in [2.45, 2.75) is 26.9 Å². The third-order valence-corrected chi connectivity index (χ3v) is 2.79. The van der Waals surface area contributed by atoms with Crippen molar-refractivity contribution in [1.82, 2.24) is 0 Å². The van der Waals surface area contributed by atoms with Crippen LogP contribution in [-0.2, 0) is 13.8 Å². The standard InChI is InChI=1S/C8H20NO3P/c1-4-11-13(12-5-2)7-10-8(3)6-9/h8H,4-7,9H2,1-3H3. The Morgan fingerprint density at radius 2 is 1.77 bits per heavy atom. The molecule has 80 valence electrons. The van der Waals surface area contributed by atoms with E-state index in [1.54, 1.807) is 0 Å². The highest BCUT2D eigenvalue weighted by atomic mass is 31.2. The summed E-state index contributed by atoms with van der Waals surface area (Å²) >= 11 is 0. The van der Waals surface area contributed by atoms with Crippen molar-refractivity contribution in [2.75, 3.05) is 26.1 Å². The lowest BCUT2D eigenvalue weighted by Crippen LogP contribution is -2.20. The monoisotopic (exact) mass is 209 g/mol. The van der Waals surface area contributed by atoms with E-state index in [0.717, 1.165) is 0 Å². The second kappa shape index (κ2) is 8.85. The number of hydrogen-bond acceptors (Lipinski definition) is 4. The fraction of sp³-hybridized carbons (Fsp3) is 1.00. The number of ether oxygens (including phenoxy) is 1. The van der Waals surface area contributed by atoms with Crippen LogP contribution in [0.3, 0.4) is 0 Å². The van der Waals surface area contributed by atoms with Crippen molar-refractivity contribution in [3.63, 3.8) is 0 Å². The molecule has 13 heavy (non-hydrogen) atoms. The predicted octanol–water partition coefficient (Wildman–Crippen LogP) is 1.69. The molecule has 0 aliphatic carbocycles. The van der Waals surface area contributed by atoms with E-state index >= 15 is 0 Å². The molecule has 2 N–H and O–H groups in total. The lowest BCUT2D eigenvalue weighted by atomic mass is 10.4. The molecule has 0 radical (unpaired) electrons. The summed E-state index contributed by atoms with van der Waals surface area (Å²) in [7, 11) is -0.877. The maximum atomic E-state index is 5.41. The molecule has 4 nitrogen and oxygen atoms in total. The van der Waals surface area contributed by atoms with Gasteiger partial charge in [-0.3, -0.25) is 0 Å². The Balaban J connectivity index is 3.55. The lowest BCUT2D eigenvalue weighted by Gasteiger charge is -2.17. The van der Waals surface area contributed by atoms with E-state index in [9.17, 15) is 0 Å². The molecule has 0 heterocycles. The van der Waals surface area contributed by atoms with Gasteiger partial charge < -0.3 is 19.5 Å². The number of nitrogens with two attached hydrogens (primary N) is 1. The Bertz CT molecular complexity index is 110. The molecular formula is C8H20NO3P. The molecule has 0 rings (SSSR count). The molecule has 0 saturated carbocycles. The van der Waals surface area contributed by atoms with Crippen LogP contribution >= 0.6 is 8.38 Å². The van der Waals surface area contributed by atoms with Crippen LogP contribution in [0, 0.1) is 0 Å². The van der Waals surface area contributed by atoms with Gasteiger partial charge in [0.05, 0.1) is 19.3 Å². The van der Waals surface area contributed by atoms with Gasteiger partial charge in [-0.25, -0.2) is 0 Å². The second-order valence-electron chi connectivity index (χ2n) is 2.51. The summed E-state index contributed by atoms with van der Waals surface area (Å²) in [5.74, 6) is 0. The van der Waals surface area contributed by atoms with Gasteiger partial charge in [0, 0.05) is 6.54 Å². The van der Waals surface area contributed by atoms with Crippen LogP contribution < -0.4 is 5.73 Å². The summed E-state index contributed by atoms with van der Waals surface area (Å²) in [6.07, 6.45) is 0.584. The van der Waals surface area contributed by atoms with Crippen LogP contribution in [0.2, 0.25) is 0 Å². The molecule has 0 aromatic rings. The summed E-state index contributed by atoms with van der Waals surface area (Å²) in [5, 5.41) is 0. The minimum absolute atomic E-state index is 0.0749. The van der Waals surface area contributed by atoms with Gasteiger partial charge in [0.15, 0.2) is 8.38 Å². The van der Waals surface area contributed by atoms with E-state index in [4.69, 9.17) is 19.5 Å². The second-order valence-corrected chi connectivity index (χ2v) is 3.95. The SMILES string of the molecule is CCOP(COC(C)CN)OCC. The van der Waals surface area contributed by atoms with Gasteiger partial charge in [-0.2, -0.15) is 0 Å². The fourth-order valence-corrected chi connectivity index (χ4v) is 1.83. The fourth-order valence-electron chi connectivity index (χ4n) is 0.656. The average molecular weight is 209 g/mol. The minimum Gasteiger partial charge on any atom is -0.368 e. The van der Waals surface area contributed by atoms with Crippen LogP contribution in [0.15, 0.2) is 0 Å². The topological polar surface area (TPSA) is 53.7 Å². The van der Waals surface area contributed by atoms with Gasteiger partial charge in [0.2, 0.25) is 0 Å². The molecule has 1 atom stereocenters. The van der Waals surface area contributed by atoms with Crippen molar-refractivity contribution in [3.8, 4) is 0 Å². The van der Waals surface area contributed by atoms with Crippen molar-refractivity contribution < 1.29 is 13.8 Å². The average Bonchev–Trinajstić information content (AvgIpc) is 2.14. The van der Waals surface area contributed by atoms with E-state index < -0.39 is 8.38 Å². The molecular weight excluding hydrogens is 189 g/mol. The lowest BCUT2D eigenvalue weighted by molar-refractivity contribution is 0.0936. The van der Waals surface area contributed by atoms with Crippen molar-refractivity contribution in [1.29, 1.82) is 0 Å². The van der Waals surface area contributed by atoms with Gasteiger partial charge in [-0.1, -0.05) is 0 Å². The van der Waals surface area contributed by atoms with E-state index in [1.165, 1.54) is 0 Å². The Morgan fingerprint density at radius 1 is 1.23 bits per heavy atom. The Labute approximate surface area is 81.6 Å². The van der Waals surface area contributed by atoms with Crippen molar-refractivity contribution in [2.24, 2.45) is 5.73 Å². The normalized spacial score (nSPS) is 13.6. The van der Waals surface area contributed by atoms with Crippen LogP contribution in [0.25, 0.3) is 0 Å². The summed E-state index contributed by atoms with van der Waals surface area (Å²) in [6.45, 7) is 7.67. The third-order valence-electron chi connectivity index (χ3n) is 1.34. The maximum Gasteiger partial charge on any atom is 0.198 e. The summed E-state index contributed by atoms with van der Waals surface area (Å²) in [6, 6.07) is 0. The van der Waals surface area contributed by atoms with Crippen LogP contribution in [0.1, 0.15) is 20.8 Å². The van der Waals surface area contributed by atoms with Gasteiger partial charge >= 0.3 is 0 Å². The zero-order valence-electron chi connectivity index (χ0n) is 8.66. The molecule has 0 aromatic carbocycles. The zero-order chi connectivity index (χ0) is 10.1. The predicted molar refractivity (Wildman–Crippen MR) is 54.6 cm³/mol. The van der Waals surface area contributed by atoms with E-state index in [-0.39, 0.29) is 6.10 Å². The number of rotatable bonds is 8. The highest BCUT2D eigenvalue weighted by Crippen LogP contribution is 2.37. The summed E-state index contributed by atoms with van der Waals surface area (Å²) in [4.78, 5) is 0. The summed E-state index contributed by atoms with van der Waals surface area (Å²) in [5.41, 5.74) is 5.41. The Hall–Kier alpha value is 0.270. The molecule has 0 fully saturated rings. The molecule has 0 aromatic heterocycles. The maximum absolute atomic E-state index is 5.41. The highest BCUT2D eigenvalue weighted by Gasteiger charge is 2.10. The Morgan fingerprint density at radius 3 is 2.15 bits per heavy atom. The Kier molecular flexibility index (Phi) is 9.03. The van der Waals surface area contributed by atoms with Crippen LogP contribution in [0.5, 0.6) is 0 Å². The van der Waals surface area contributed by atoms with E-state index in [0.29, 0.717) is 26.1 Å². The third kappa shape index (κ3) is 7.35. The zero-order valence-corrected chi connectivity index (χ0v) is 9.55. The van der Waals surface area contributed by atoms with Crippen LogP contribution in [0.4, 0.5) is 0 Å². The molecule has 0 saturated heterocycles. The van der Waals surface area contributed by atoms with Gasteiger partial charge in [0.25, 0.3) is 0 Å². The van der Waals surface area contributed by atoms with Crippen LogP contribution in [-0.4, -0.2) is 32.2 Å². The first-order valence-corrected chi connectivity index (χ1v) is 5.95.